The standard InChI is InChI=1S/C32H34F3N7O3/c1-21-9-11-23(12-10-21)30-37-39-41(38-30)20-28(43)42(26-7-4-6-24(18-26)32(33,34)35)29(22-13-15-25(16-14-22)40(2)3)31(44)36-19-27-8-5-17-45-27/h4,6-7,9-16,18,27,29H,5,8,17,19-20H2,1-3H3,(H,36,44)/t27-,29-/m0/s1. The van der Waals surface area contributed by atoms with Crippen molar-refractivity contribution in [3.63, 3.8) is 0 Å². The predicted molar refractivity (Wildman–Crippen MR) is 162 cm³/mol. The molecule has 0 radical (unpaired) electrons. The van der Waals surface area contributed by atoms with Gasteiger partial charge in [0.05, 0.1) is 11.7 Å². The first kappa shape index (κ1) is 31.6. The molecule has 1 aromatic heterocycles. The van der Waals surface area contributed by atoms with Crippen LogP contribution in [0, 0.1) is 6.92 Å². The predicted octanol–water partition coefficient (Wildman–Crippen LogP) is 4.80. The number of aromatic nitrogens is 4. The third-order valence-electron chi connectivity index (χ3n) is 7.52. The van der Waals surface area contributed by atoms with Gasteiger partial charge in [0.25, 0.3) is 5.91 Å². The molecule has 0 aliphatic carbocycles. The molecule has 2 heterocycles. The fraction of sp³-hybridized carbons (Fsp3) is 0.344. The van der Waals surface area contributed by atoms with Crippen LogP contribution in [0.5, 0.6) is 0 Å². The Morgan fingerprint density at radius 1 is 1.04 bits per heavy atom. The summed E-state index contributed by atoms with van der Waals surface area (Å²) < 4.78 is 47.1. The van der Waals surface area contributed by atoms with Crippen molar-refractivity contribution in [3.8, 4) is 11.4 Å². The van der Waals surface area contributed by atoms with Gasteiger partial charge >= 0.3 is 6.18 Å². The number of tetrazole rings is 1. The topological polar surface area (TPSA) is 105 Å². The summed E-state index contributed by atoms with van der Waals surface area (Å²) in [5.41, 5.74) is 1.90. The van der Waals surface area contributed by atoms with Gasteiger partial charge in [0.1, 0.15) is 12.6 Å². The molecule has 13 heteroatoms. The second-order valence-electron chi connectivity index (χ2n) is 11.1. The van der Waals surface area contributed by atoms with Gasteiger partial charge in [0.2, 0.25) is 11.7 Å². The maximum atomic E-state index is 14.1. The molecule has 4 aromatic rings. The van der Waals surface area contributed by atoms with Crippen molar-refractivity contribution in [2.24, 2.45) is 0 Å². The lowest BCUT2D eigenvalue weighted by atomic mass is 10.0. The smallest absolute Gasteiger partial charge is 0.378 e. The fourth-order valence-electron chi connectivity index (χ4n) is 5.08. The van der Waals surface area contributed by atoms with Crippen molar-refractivity contribution in [1.29, 1.82) is 0 Å². The number of nitrogens with one attached hydrogen (secondary N) is 1. The highest BCUT2D eigenvalue weighted by Gasteiger charge is 2.36. The summed E-state index contributed by atoms with van der Waals surface area (Å²) in [6.45, 7) is 2.23. The molecule has 1 aliphatic heterocycles. The van der Waals surface area contributed by atoms with Crippen molar-refractivity contribution < 1.29 is 27.5 Å². The minimum Gasteiger partial charge on any atom is -0.378 e. The molecule has 1 N–H and O–H groups in total. The molecular formula is C32H34F3N7O3. The quantitative estimate of drug-likeness (QED) is 0.271. The van der Waals surface area contributed by atoms with E-state index in [2.05, 4.69) is 20.7 Å². The van der Waals surface area contributed by atoms with Gasteiger partial charge in [-0.2, -0.15) is 18.0 Å². The van der Waals surface area contributed by atoms with Crippen LogP contribution in [0.15, 0.2) is 72.8 Å². The van der Waals surface area contributed by atoms with Crippen LogP contribution in [0.3, 0.4) is 0 Å². The lowest BCUT2D eigenvalue weighted by Crippen LogP contribution is -2.46. The summed E-state index contributed by atoms with van der Waals surface area (Å²) in [5.74, 6) is -1.00. The van der Waals surface area contributed by atoms with Crippen LogP contribution in [0.4, 0.5) is 24.5 Å². The number of carbonyl (C=O) groups is 2. The summed E-state index contributed by atoms with van der Waals surface area (Å²) in [5, 5.41) is 15.2. The van der Waals surface area contributed by atoms with Crippen molar-refractivity contribution >= 4 is 23.2 Å². The van der Waals surface area contributed by atoms with Gasteiger partial charge in [-0.3, -0.25) is 14.5 Å². The minimum absolute atomic E-state index is 0.109. The van der Waals surface area contributed by atoms with Crippen molar-refractivity contribution in [2.75, 3.05) is 37.0 Å². The molecule has 10 nitrogen and oxygen atoms in total. The number of rotatable bonds is 10. The first-order chi connectivity index (χ1) is 21.5. The molecule has 1 aliphatic rings. The Kier molecular flexibility index (Phi) is 9.47. The second-order valence-corrected chi connectivity index (χ2v) is 11.1. The van der Waals surface area contributed by atoms with Crippen molar-refractivity contribution in [3.05, 3.63) is 89.5 Å². The highest BCUT2D eigenvalue weighted by atomic mass is 19.4. The van der Waals surface area contributed by atoms with E-state index in [1.54, 1.807) is 24.3 Å². The van der Waals surface area contributed by atoms with Crippen LogP contribution in [0.25, 0.3) is 11.4 Å². The Labute approximate surface area is 258 Å². The maximum absolute atomic E-state index is 14.1. The van der Waals surface area contributed by atoms with Crippen molar-refractivity contribution in [1.82, 2.24) is 25.5 Å². The van der Waals surface area contributed by atoms with E-state index in [4.69, 9.17) is 4.74 Å². The Hall–Kier alpha value is -4.78. The molecule has 0 spiro atoms. The summed E-state index contributed by atoms with van der Waals surface area (Å²) >= 11 is 0. The lowest BCUT2D eigenvalue weighted by molar-refractivity contribution is -0.137. The van der Waals surface area contributed by atoms with E-state index in [9.17, 15) is 22.8 Å². The number of ether oxygens (including phenoxy) is 1. The van der Waals surface area contributed by atoms with E-state index in [1.807, 2.05) is 50.2 Å². The molecule has 1 fully saturated rings. The Morgan fingerprint density at radius 2 is 1.78 bits per heavy atom. The average Bonchev–Trinajstić information content (AvgIpc) is 3.71. The molecule has 0 saturated carbocycles. The maximum Gasteiger partial charge on any atom is 0.416 e. The number of aryl methyl sites for hydroxylation is 1. The molecule has 0 bridgehead atoms. The first-order valence-corrected chi connectivity index (χ1v) is 14.5. The van der Waals surface area contributed by atoms with Crippen LogP contribution < -0.4 is 15.1 Å². The van der Waals surface area contributed by atoms with Crippen LogP contribution in [-0.2, 0) is 27.0 Å². The number of alkyl halides is 3. The number of hydrogen-bond donors (Lipinski definition) is 1. The van der Waals surface area contributed by atoms with E-state index < -0.39 is 36.1 Å². The largest absolute Gasteiger partial charge is 0.416 e. The number of halogens is 3. The molecule has 2 amide bonds. The number of amides is 2. The third-order valence-corrected chi connectivity index (χ3v) is 7.52. The zero-order valence-corrected chi connectivity index (χ0v) is 25.2. The zero-order valence-electron chi connectivity index (χ0n) is 25.2. The number of hydrogen-bond acceptors (Lipinski definition) is 7. The van der Waals surface area contributed by atoms with Gasteiger partial charge < -0.3 is 15.0 Å². The SMILES string of the molecule is Cc1ccc(-c2nnn(CC(=O)N(c3cccc(C(F)(F)F)c3)[C@H](C(=O)NC[C@@H]3CCCO3)c3ccc(N(C)C)cc3)n2)cc1. The molecular weight excluding hydrogens is 587 g/mol. The molecule has 0 unspecified atom stereocenters. The summed E-state index contributed by atoms with van der Waals surface area (Å²) in [6, 6.07) is 17.4. The Balaban J connectivity index is 1.54. The van der Waals surface area contributed by atoms with Crippen LogP contribution in [-0.4, -0.2) is 65.4 Å². The van der Waals surface area contributed by atoms with Gasteiger partial charge in [0, 0.05) is 44.2 Å². The molecule has 236 valence electrons. The van der Waals surface area contributed by atoms with Gasteiger partial charge in [0.15, 0.2) is 0 Å². The Bertz CT molecular complexity index is 1620. The Morgan fingerprint density at radius 3 is 2.42 bits per heavy atom. The fourth-order valence-corrected chi connectivity index (χ4v) is 5.08. The van der Waals surface area contributed by atoms with Gasteiger partial charge in [-0.1, -0.05) is 48.0 Å². The van der Waals surface area contributed by atoms with Crippen molar-refractivity contribution in [2.45, 2.75) is 44.6 Å². The van der Waals surface area contributed by atoms with E-state index >= 15 is 0 Å². The third kappa shape index (κ3) is 7.66. The van der Waals surface area contributed by atoms with Gasteiger partial charge in [-0.05, 0) is 60.9 Å². The molecule has 1 saturated heterocycles. The average molecular weight is 622 g/mol. The summed E-state index contributed by atoms with van der Waals surface area (Å²) in [4.78, 5) is 32.1. The van der Waals surface area contributed by atoms with Gasteiger partial charge in [-0.25, -0.2) is 0 Å². The minimum atomic E-state index is -4.67. The van der Waals surface area contributed by atoms with E-state index in [-0.39, 0.29) is 24.2 Å². The van der Waals surface area contributed by atoms with E-state index in [1.165, 1.54) is 12.1 Å². The molecule has 3 aromatic carbocycles. The number of anilines is 2. The van der Waals surface area contributed by atoms with Crippen LogP contribution in [0.1, 0.15) is 35.6 Å². The van der Waals surface area contributed by atoms with E-state index in [0.29, 0.717) is 17.7 Å². The van der Waals surface area contributed by atoms with Gasteiger partial charge in [-0.15, -0.1) is 10.2 Å². The molecule has 45 heavy (non-hydrogen) atoms. The summed E-state index contributed by atoms with van der Waals surface area (Å²) in [7, 11) is 3.71. The van der Waals surface area contributed by atoms with E-state index in [0.717, 1.165) is 45.9 Å². The normalized spacial score (nSPS) is 15.5. The number of nitrogens with zero attached hydrogens (tertiary/aromatic N) is 6. The highest BCUT2D eigenvalue weighted by molar-refractivity contribution is 6.01. The van der Waals surface area contributed by atoms with Crippen LogP contribution in [0.2, 0.25) is 0 Å². The number of carbonyl (C=O) groups excluding carboxylic acids is 2. The molecule has 2 atom stereocenters. The zero-order chi connectivity index (χ0) is 32.1. The first-order valence-electron chi connectivity index (χ1n) is 14.5. The number of benzene rings is 3. The molecule has 5 rings (SSSR count). The second kappa shape index (κ2) is 13.5. The highest BCUT2D eigenvalue weighted by Crippen LogP contribution is 2.35. The monoisotopic (exact) mass is 621 g/mol. The summed E-state index contributed by atoms with van der Waals surface area (Å²) in [6.07, 6.45) is -3.24. The lowest BCUT2D eigenvalue weighted by Gasteiger charge is -2.32. The van der Waals surface area contributed by atoms with Crippen LogP contribution >= 0.6 is 0 Å².